The van der Waals surface area contributed by atoms with E-state index in [2.05, 4.69) is 5.32 Å². The van der Waals surface area contributed by atoms with Crippen LogP contribution in [0.5, 0.6) is 0 Å². The molecule has 39 heavy (non-hydrogen) atoms. The highest BCUT2D eigenvalue weighted by molar-refractivity contribution is 5.94. The molecule has 202 valence electrons. The lowest BCUT2D eigenvalue weighted by atomic mass is 9.85. The highest BCUT2D eigenvalue weighted by atomic mass is 19.4. The minimum atomic E-state index is -4.35. The Morgan fingerprint density at radius 3 is 2.05 bits per heavy atom. The standard InChI is InChI=1S/C30H24F5NO3/c31-26-10-9-23(17-27(26)32)21-5-6-22-16-24(8-7-20(22)15-21)25(11-13-30(33,34)35)18-1-3-19(4-2-18)29(39)36-14-12-28(37)38/h1-10,15-17,25H,11-14H2,(H,36,39)(H,37,38). The van der Waals surface area contributed by atoms with Crippen molar-refractivity contribution in [3.63, 3.8) is 0 Å². The van der Waals surface area contributed by atoms with E-state index < -0.39 is 42.0 Å². The van der Waals surface area contributed by atoms with Crippen LogP contribution in [-0.2, 0) is 4.79 Å². The number of carbonyl (C=O) groups excluding carboxylic acids is 1. The first-order valence-corrected chi connectivity index (χ1v) is 12.2. The van der Waals surface area contributed by atoms with Gasteiger partial charge in [-0.25, -0.2) is 8.78 Å². The molecule has 0 aliphatic rings. The van der Waals surface area contributed by atoms with Crippen molar-refractivity contribution in [2.45, 2.75) is 31.4 Å². The van der Waals surface area contributed by atoms with Crippen molar-refractivity contribution in [2.24, 2.45) is 0 Å². The molecule has 0 aliphatic carbocycles. The van der Waals surface area contributed by atoms with Gasteiger partial charge in [0.2, 0.25) is 0 Å². The van der Waals surface area contributed by atoms with Gasteiger partial charge >= 0.3 is 12.1 Å². The molecule has 0 aromatic heterocycles. The molecule has 0 heterocycles. The van der Waals surface area contributed by atoms with Crippen LogP contribution < -0.4 is 5.32 Å². The highest BCUT2D eigenvalue weighted by Crippen LogP contribution is 2.36. The largest absolute Gasteiger partial charge is 0.481 e. The van der Waals surface area contributed by atoms with Gasteiger partial charge in [0.05, 0.1) is 6.42 Å². The fourth-order valence-corrected chi connectivity index (χ4v) is 4.42. The molecule has 4 aromatic carbocycles. The van der Waals surface area contributed by atoms with Crippen molar-refractivity contribution in [3.8, 4) is 11.1 Å². The van der Waals surface area contributed by atoms with E-state index >= 15 is 0 Å². The Morgan fingerprint density at radius 1 is 0.769 bits per heavy atom. The lowest BCUT2D eigenvalue weighted by molar-refractivity contribution is -0.137. The number of nitrogens with one attached hydrogen (secondary N) is 1. The van der Waals surface area contributed by atoms with Crippen molar-refractivity contribution >= 4 is 22.6 Å². The van der Waals surface area contributed by atoms with Crippen LogP contribution in [0.1, 0.15) is 46.7 Å². The van der Waals surface area contributed by atoms with Crippen LogP contribution in [0.2, 0.25) is 0 Å². The van der Waals surface area contributed by atoms with Crippen molar-refractivity contribution in [3.05, 3.63) is 107 Å². The summed E-state index contributed by atoms with van der Waals surface area (Å²) < 4.78 is 66.5. The first kappa shape index (κ1) is 27.8. The summed E-state index contributed by atoms with van der Waals surface area (Å²) in [4.78, 5) is 22.9. The number of rotatable bonds is 9. The predicted octanol–water partition coefficient (Wildman–Crippen LogP) is 7.46. The number of fused-ring (bicyclic) bond motifs is 1. The smallest absolute Gasteiger partial charge is 0.389 e. The fourth-order valence-electron chi connectivity index (χ4n) is 4.42. The van der Waals surface area contributed by atoms with Gasteiger partial charge in [-0.2, -0.15) is 13.2 Å². The van der Waals surface area contributed by atoms with Crippen LogP contribution >= 0.6 is 0 Å². The molecule has 0 aliphatic heterocycles. The van der Waals surface area contributed by atoms with Crippen LogP contribution in [0.25, 0.3) is 21.9 Å². The van der Waals surface area contributed by atoms with Crippen LogP contribution in [0, 0.1) is 11.6 Å². The molecular formula is C30H24F5NO3. The molecule has 1 amide bonds. The summed E-state index contributed by atoms with van der Waals surface area (Å²) in [6, 6.07) is 20.5. The minimum Gasteiger partial charge on any atom is -0.481 e. The maximum Gasteiger partial charge on any atom is 0.389 e. The minimum absolute atomic E-state index is 0.0426. The number of carboxylic acid groups (broad SMARTS) is 1. The van der Waals surface area contributed by atoms with E-state index in [-0.39, 0.29) is 24.9 Å². The second-order valence-electron chi connectivity index (χ2n) is 9.18. The number of amides is 1. The number of alkyl halides is 3. The molecule has 0 spiro atoms. The number of carbonyl (C=O) groups is 2. The van der Waals surface area contributed by atoms with E-state index in [9.17, 15) is 31.5 Å². The molecule has 0 fully saturated rings. The van der Waals surface area contributed by atoms with Crippen molar-refractivity contribution in [1.82, 2.24) is 5.32 Å². The van der Waals surface area contributed by atoms with Crippen LogP contribution in [0.4, 0.5) is 22.0 Å². The lowest BCUT2D eigenvalue weighted by Gasteiger charge is -2.20. The van der Waals surface area contributed by atoms with Gasteiger partial charge in [0, 0.05) is 24.4 Å². The van der Waals surface area contributed by atoms with Gasteiger partial charge in [0.1, 0.15) is 0 Å². The number of aliphatic carboxylic acids is 1. The maximum absolute atomic E-state index is 13.7. The highest BCUT2D eigenvalue weighted by Gasteiger charge is 2.29. The Kier molecular flexibility index (Phi) is 8.28. The van der Waals surface area contributed by atoms with Crippen LogP contribution in [0.15, 0.2) is 78.9 Å². The monoisotopic (exact) mass is 541 g/mol. The first-order chi connectivity index (χ1) is 18.5. The van der Waals surface area contributed by atoms with Gasteiger partial charge in [-0.3, -0.25) is 9.59 Å². The average Bonchev–Trinajstić information content (AvgIpc) is 2.89. The van der Waals surface area contributed by atoms with E-state index in [1.165, 1.54) is 18.2 Å². The van der Waals surface area contributed by atoms with Gasteiger partial charge in [-0.15, -0.1) is 0 Å². The third kappa shape index (κ3) is 7.19. The van der Waals surface area contributed by atoms with Crippen molar-refractivity contribution < 1.29 is 36.6 Å². The summed E-state index contributed by atoms with van der Waals surface area (Å²) in [6.45, 7) is -0.0426. The lowest BCUT2D eigenvalue weighted by Crippen LogP contribution is -2.25. The summed E-state index contributed by atoms with van der Waals surface area (Å²) in [6.07, 6.45) is -5.78. The molecule has 0 saturated heterocycles. The Hall–Kier alpha value is -4.27. The zero-order valence-corrected chi connectivity index (χ0v) is 20.6. The fraction of sp³-hybridized carbons (Fsp3) is 0.200. The quantitative estimate of drug-likeness (QED) is 0.216. The summed E-state index contributed by atoms with van der Waals surface area (Å²) in [5.74, 6) is -4.03. The Morgan fingerprint density at radius 2 is 1.38 bits per heavy atom. The summed E-state index contributed by atoms with van der Waals surface area (Å²) >= 11 is 0. The Balaban J connectivity index is 1.61. The molecule has 0 saturated carbocycles. The molecule has 1 unspecified atom stereocenters. The molecule has 4 aromatic rings. The summed E-state index contributed by atoms with van der Waals surface area (Å²) in [5.41, 5.74) is 2.68. The zero-order chi connectivity index (χ0) is 28.2. The molecule has 0 bridgehead atoms. The second kappa shape index (κ2) is 11.6. The van der Waals surface area contributed by atoms with Gasteiger partial charge in [0.15, 0.2) is 11.6 Å². The molecule has 9 heteroatoms. The molecule has 1 atom stereocenters. The third-order valence-electron chi connectivity index (χ3n) is 6.44. The predicted molar refractivity (Wildman–Crippen MR) is 137 cm³/mol. The van der Waals surface area contributed by atoms with E-state index in [0.717, 1.165) is 22.9 Å². The average molecular weight is 542 g/mol. The van der Waals surface area contributed by atoms with Crippen LogP contribution in [-0.4, -0.2) is 29.7 Å². The first-order valence-electron chi connectivity index (χ1n) is 12.2. The molecule has 0 radical (unpaired) electrons. The van der Waals surface area contributed by atoms with E-state index in [1.54, 1.807) is 48.5 Å². The Labute approximate surface area is 221 Å². The number of carboxylic acids is 1. The summed E-state index contributed by atoms with van der Waals surface area (Å²) in [5, 5.41) is 12.7. The molecule has 2 N–H and O–H groups in total. The number of hydrogen-bond donors (Lipinski definition) is 2. The van der Waals surface area contributed by atoms with Gasteiger partial charge in [-0.1, -0.05) is 48.5 Å². The van der Waals surface area contributed by atoms with Crippen molar-refractivity contribution in [1.29, 1.82) is 0 Å². The van der Waals surface area contributed by atoms with Gasteiger partial charge in [-0.05, 0) is 69.8 Å². The SMILES string of the molecule is O=C(O)CCNC(=O)c1ccc(C(CCC(F)(F)F)c2ccc3cc(-c4ccc(F)c(F)c4)ccc3c2)cc1. The molecule has 4 rings (SSSR count). The second-order valence-corrected chi connectivity index (χ2v) is 9.18. The van der Waals surface area contributed by atoms with Crippen molar-refractivity contribution in [2.75, 3.05) is 6.54 Å². The van der Waals surface area contributed by atoms with E-state index in [1.807, 2.05) is 0 Å². The zero-order valence-electron chi connectivity index (χ0n) is 20.6. The molecule has 4 nitrogen and oxygen atoms in total. The maximum atomic E-state index is 13.7. The van der Waals surface area contributed by atoms with E-state index in [0.29, 0.717) is 22.3 Å². The number of benzene rings is 4. The topological polar surface area (TPSA) is 66.4 Å². The number of hydrogen-bond acceptors (Lipinski definition) is 2. The van der Waals surface area contributed by atoms with Gasteiger partial charge < -0.3 is 10.4 Å². The van der Waals surface area contributed by atoms with E-state index in [4.69, 9.17) is 5.11 Å². The summed E-state index contributed by atoms with van der Waals surface area (Å²) in [7, 11) is 0. The van der Waals surface area contributed by atoms with Gasteiger partial charge in [0.25, 0.3) is 5.91 Å². The normalized spacial score (nSPS) is 12.3. The van der Waals surface area contributed by atoms with Crippen LogP contribution in [0.3, 0.4) is 0 Å². The third-order valence-corrected chi connectivity index (χ3v) is 6.44. The molecular weight excluding hydrogens is 517 g/mol. The Bertz CT molecular complexity index is 1500. The number of halogens is 5.